The largest absolute Gasteiger partial charge is 0.240 e. The van der Waals surface area contributed by atoms with Crippen LogP contribution in [0.25, 0.3) is 0 Å². The number of rotatable bonds is 4. The number of halogens is 4. The molecule has 3 nitrogen and oxygen atoms in total. The lowest BCUT2D eigenvalue weighted by atomic mass is 10.2. The van der Waals surface area contributed by atoms with E-state index < -0.39 is 34.0 Å². The standard InChI is InChI=1S/C13H9ClF3NO2S/c14-11-6-10(2-4-13(11)17)21(19,20)18-7-8-5-9(15)1-3-12(8)16/h1-6,18H,7H2. The van der Waals surface area contributed by atoms with E-state index >= 15 is 0 Å². The molecule has 8 heteroatoms. The Bertz CT molecular complexity index is 781. The molecule has 0 aliphatic rings. The normalized spacial score (nSPS) is 11.6. The highest BCUT2D eigenvalue weighted by atomic mass is 35.5. The molecule has 0 saturated carbocycles. The molecule has 0 heterocycles. The summed E-state index contributed by atoms with van der Waals surface area (Å²) in [5.74, 6) is -2.18. The van der Waals surface area contributed by atoms with Crippen LogP contribution in [0.4, 0.5) is 13.2 Å². The third kappa shape index (κ3) is 3.75. The summed E-state index contributed by atoms with van der Waals surface area (Å²) in [5.41, 5.74) is -0.146. The van der Waals surface area contributed by atoms with Crippen LogP contribution in [-0.4, -0.2) is 8.42 Å². The number of hydrogen-bond donors (Lipinski definition) is 1. The van der Waals surface area contributed by atoms with Gasteiger partial charge in [0.05, 0.1) is 9.92 Å². The zero-order chi connectivity index (χ0) is 15.6. The lowest BCUT2D eigenvalue weighted by molar-refractivity contribution is 0.566. The summed E-state index contributed by atoms with van der Waals surface area (Å²) >= 11 is 5.51. The van der Waals surface area contributed by atoms with E-state index in [-0.39, 0.29) is 15.5 Å². The van der Waals surface area contributed by atoms with Gasteiger partial charge in [-0.3, -0.25) is 0 Å². The molecule has 0 atom stereocenters. The third-order valence-corrected chi connectivity index (χ3v) is 4.35. The highest BCUT2D eigenvalue weighted by Gasteiger charge is 2.16. The van der Waals surface area contributed by atoms with Gasteiger partial charge in [0, 0.05) is 12.1 Å². The fourth-order valence-corrected chi connectivity index (χ4v) is 2.86. The van der Waals surface area contributed by atoms with Gasteiger partial charge in [-0.1, -0.05) is 11.6 Å². The second kappa shape index (κ2) is 6.05. The minimum absolute atomic E-state index is 0.146. The number of hydrogen-bond acceptors (Lipinski definition) is 2. The lowest BCUT2D eigenvalue weighted by Gasteiger charge is -2.08. The van der Waals surface area contributed by atoms with E-state index in [4.69, 9.17) is 11.6 Å². The van der Waals surface area contributed by atoms with Crippen LogP contribution in [0.2, 0.25) is 5.02 Å². The Balaban J connectivity index is 2.21. The fourth-order valence-electron chi connectivity index (χ4n) is 1.58. The topological polar surface area (TPSA) is 46.2 Å². The molecule has 0 amide bonds. The Morgan fingerprint density at radius 1 is 1.00 bits per heavy atom. The van der Waals surface area contributed by atoms with Gasteiger partial charge in [-0.2, -0.15) is 0 Å². The van der Waals surface area contributed by atoms with E-state index in [1.807, 2.05) is 0 Å². The molecule has 0 fully saturated rings. The first-order chi connectivity index (χ1) is 9.79. The van der Waals surface area contributed by atoms with E-state index in [9.17, 15) is 21.6 Å². The maximum Gasteiger partial charge on any atom is 0.240 e. The molecule has 0 aliphatic carbocycles. The maximum atomic E-state index is 13.4. The first-order valence-electron chi connectivity index (χ1n) is 5.68. The number of benzene rings is 2. The van der Waals surface area contributed by atoms with Crippen LogP contribution in [0.15, 0.2) is 41.3 Å². The van der Waals surface area contributed by atoms with E-state index in [0.29, 0.717) is 0 Å². The average Bonchev–Trinajstić information content (AvgIpc) is 2.43. The van der Waals surface area contributed by atoms with Crippen LogP contribution in [0.3, 0.4) is 0 Å². The van der Waals surface area contributed by atoms with E-state index in [2.05, 4.69) is 4.72 Å². The van der Waals surface area contributed by atoms with Gasteiger partial charge >= 0.3 is 0 Å². The van der Waals surface area contributed by atoms with E-state index in [1.54, 1.807) is 0 Å². The predicted octanol–water partition coefficient (Wildman–Crippen LogP) is 3.24. The molecule has 0 unspecified atom stereocenters. The Labute approximate surface area is 124 Å². The molecule has 0 spiro atoms. The molecule has 0 radical (unpaired) electrons. The third-order valence-electron chi connectivity index (χ3n) is 2.66. The first-order valence-corrected chi connectivity index (χ1v) is 7.54. The summed E-state index contributed by atoms with van der Waals surface area (Å²) in [6.07, 6.45) is 0. The van der Waals surface area contributed by atoms with Gasteiger partial charge in [-0.15, -0.1) is 0 Å². The summed E-state index contributed by atoms with van der Waals surface area (Å²) < 4.78 is 65.4. The van der Waals surface area contributed by atoms with Crippen LogP contribution in [0.1, 0.15) is 5.56 Å². The van der Waals surface area contributed by atoms with Crippen LogP contribution >= 0.6 is 11.6 Å². The van der Waals surface area contributed by atoms with Crippen LogP contribution < -0.4 is 4.72 Å². The Morgan fingerprint density at radius 2 is 1.67 bits per heavy atom. The van der Waals surface area contributed by atoms with Gasteiger partial charge < -0.3 is 0 Å². The van der Waals surface area contributed by atoms with Crippen molar-refractivity contribution in [1.29, 1.82) is 0 Å². The van der Waals surface area contributed by atoms with Crippen molar-refractivity contribution in [2.45, 2.75) is 11.4 Å². The molecule has 2 aromatic rings. The summed E-state index contributed by atoms with van der Waals surface area (Å²) in [6, 6.07) is 5.56. The summed E-state index contributed by atoms with van der Waals surface area (Å²) in [6.45, 7) is -0.444. The van der Waals surface area contributed by atoms with Gasteiger partial charge in [0.15, 0.2) is 0 Å². The predicted molar refractivity (Wildman–Crippen MR) is 71.8 cm³/mol. The quantitative estimate of drug-likeness (QED) is 0.932. The van der Waals surface area contributed by atoms with Gasteiger partial charge in [0.25, 0.3) is 0 Å². The second-order valence-electron chi connectivity index (χ2n) is 4.14. The molecule has 0 bridgehead atoms. The molecule has 112 valence electrons. The Morgan fingerprint density at radius 3 is 2.33 bits per heavy atom. The van der Waals surface area contributed by atoms with Crippen molar-refractivity contribution in [2.24, 2.45) is 0 Å². The molecule has 2 aromatic carbocycles. The van der Waals surface area contributed by atoms with Crippen molar-refractivity contribution < 1.29 is 21.6 Å². The van der Waals surface area contributed by atoms with Crippen LogP contribution in [0.5, 0.6) is 0 Å². The molecule has 1 N–H and O–H groups in total. The zero-order valence-corrected chi connectivity index (χ0v) is 12.0. The lowest BCUT2D eigenvalue weighted by Crippen LogP contribution is -2.23. The Kier molecular flexibility index (Phi) is 4.55. The van der Waals surface area contributed by atoms with Crippen molar-refractivity contribution in [3.63, 3.8) is 0 Å². The van der Waals surface area contributed by atoms with Gasteiger partial charge in [-0.05, 0) is 36.4 Å². The van der Waals surface area contributed by atoms with Crippen molar-refractivity contribution in [1.82, 2.24) is 4.72 Å². The molecule has 0 saturated heterocycles. The smallest absolute Gasteiger partial charge is 0.207 e. The van der Waals surface area contributed by atoms with Crippen molar-refractivity contribution in [3.05, 3.63) is 64.4 Å². The summed E-state index contributed by atoms with van der Waals surface area (Å²) in [7, 11) is -4.02. The zero-order valence-electron chi connectivity index (χ0n) is 10.4. The molecule has 0 aliphatic heterocycles. The van der Waals surface area contributed by atoms with Crippen LogP contribution in [-0.2, 0) is 16.6 Å². The fraction of sp³-hybridized carbons (Fsp3) is 0.0769. The van der Waals surface area contributed by atoms with Crippen LogP contribution in [0, 0.1) is 17.5 Å². The molecular formula is C13H9ClF3NO2S. The van der Waals surface area contributed by atoms with Gasteiger partial charge in [0.1, 0.15) is 17.5 Å². The van der Waals surface area contributed by atoms with Gasteiger partial charge in [-0.25, -0.2) is 26.3 Å². The first kappa shape index (κ1) is 15.8. The van der Waals surface area contributed by atoms with Crippen molar-refractivity contribution in [2.75, 3.05) is 0 Å². The van der Waals surface area contributed by atoms with E-state index in [1.165, 1.54) is 0 Å². The van der Waals surface area contributed by atoms with Gasteiger partial charge in [0.2, 0.25) is 10.0 Å². The monoisotopic (exact) mass is 335 g/mol. The molecular weight excluding hydrogens is 327 g/mol. The second-order valence-corrected chi connectivity index (χ2v) is 6.31. The maximum absolute atomic E-state index is 13.4. The number of sulfonamides is 1. The van der Waals surface area contributed by atoms with Crippen molar-refractivity contribution in [3.8, 4) is 0 Å². The molecule has 21 heavy (non-hydrogen) atoms. The SMILES string of the molecule is O=S(=O)(NCc1cc(F)ccc1F)c1ccc(F)c(Cl)c1. The Hall–Kier alpha value is -1.57. The van der Waals surface area contributed by atoms with E-state index in [0.717, 1.165) is 36.4 Å². The number of nitrogens with one attached hydrogen (secondary N) is 1. The summed E-state index contributed by atoms with van der Waals surface area (Å²) in [4.78, 5) is -0.272. The van der Waals surface area contributed by atoms with Crippen molar-refractivity contribution >= 4 is 21.6 Å². The minimum atomic E-state index is -4.02. The summed E-state index contributed by atoms with van der Waals surface area (Å²) in [5, 5.41) is -0.352. The average molecular weight is 336 g/mol. The molecule has 0 aromatic heterocycles. The highest BCUT2D eigenvalue weighted by Crippen LogP contribution is 2.19. The molecule has 2 rings (SSSR count). The highest BCUT2D eigenvalue weighted by molar-refractivity contribution is 7.89. The minimum Gasteiger partial charge on any atom is -0.207 e.